The second-order valence-electron chi connectivity index (χ2n) is 4.23. The van der Waals surface area contributed by atoms with Crippen molar-refractivity contribution in [3.8, 4) is 0 Å². The van der Waals surface area contributed by atoms with Gasteiger partial charge in [-0.25, -0.2) is 0 Å². The molecule has 4 nitrogen and oxygen atoms in total. The van der Waals surface area contributed by atoms with Crippen LogP contribution >= 0.6 is 0 Å². The van der Waals surface area contributed by atoms with Crippen molar-refractivity contribution in [2.45, 2.75) is 12.5 Å². The summed E-state index contributed by atoms with van der Waals surface area (Å²) in [6.07, 6.45) is 2.62. The van der Waals surface area contributed by atoms with Crippen LogP contribution in [0.25, 0.3) is 10.9 Å². The Bertz CT molecular complexity index is 599. The molecule has 1 unspecified atom stereocenters. The van der Waals surface area contributed by atoms with Crippen molar-refractivity contribution in [2.75, 3.05) is 0 Å². The summed E-state index contributed by atoms with van der Waals surface area (Å²) in [5.74, 6) is 0.570. The maximum Gasteiger partial charge on any atom is 0.248 e. The van der Waals surface area contributed by atoms with E-state index in [-0.39, 0.29) is 11.9 Å². The van der Waals surface area contributed by atoms with E-state index in [1.807, 2.05) is 24.4 Å². The summed E-state index contributed by atoms with van der Waals surface area (Å²) in [5.41, 5.74) is 2.24. The molecule has 0 bridgehead atoms. The minimum absolute atomic E-state index is 0.0136. The molecule has 3 N–H and O–H groups in total. The highest BCUT2D eigenvalue weighted by Crippen LogP contribution is 2.20. The van der Waals surface area contributed by atoms with E-state index in [2.05, 4.69) is 28.3 Å². The van der Waals surface area contributed by atoms with Gasteiger partial charge in [-0.3, -0.25) is 4.79 Å². The number of benzene rings is 1. The third-order valence-corrected chi connectivity index (χ3v) is 3.04. The normalized spacial score (nSPS) is 19.4. The standard InChI is InChI=1S/C13H13N3O/c1-8-15-12(13(17)16-8)6-9-7-14-11-5-3-2-4-10(9)11/h2-5,7,12,14-15H,1,6H2,(H,16,17). The number of nitrogens with one attached hydrogen (secondary N) is 3. The van der Waals surface area contributed by atoms with Crippen LogP contribution in [-0.2, 0) is 11.2 Å². The Balaban J connectivity index is 1.90. The van der Waals surface area contributed by atoms with Crippen LogP contribution in [0.4, 0.5) is 0 Å². The number of hydrogen-bond acceptors (Lipinski definition) is 2. The monoisotopic (exact) mass is 227 g/mol. The number of amides is 1. The van der Waals surface area contributed by atoms with Crippen molar-refractivity contribution in [1.29, 1.82) is 0 Å². The first-order valence-electron chi connectivity index (χ1n) is 5.55. The number of hydrogen-bond donors (Lipinski definition) is 3. The molecule has 2 aromatic rings. The summed E-state index contributed by atoms with van der Waals surface area (Å²) >= 11 is 0. The molecule has 2 heterocycles. The predicted octanol–water partition coefficient (Wildman–Crippen LogP) is 1.27. The Labute approximate surface area is 98.7 Å². The summed E-state index contributed by atoms with van der Waals surface area (Å²) < 4.78 is 0. The van der Waals surface area contributed by atoms with Gasteiger partial charge in [0.05, 0.1) is 5.82 Å². The van der Waals surface area contributed by atoms with Crippen molar-refractivity contribution >= 4 is 16.8 Å². The molecule has 1 amide bonds. The summed E-state index contributed by atoms with van der Waals surface area (Å²) in [7, 11) is 0. The molecule has 1 atom stereocenters. The molecule has 0 aliphatic carbocycles. The van der Waals surface area contributed by atoms with E-state index in [0.717, 1.165) is 11.1 Å². The highest BCUT2D eigenvalue weighted by molar-refractivity contribution is 5.88. The Morgan fingerprint density at radius 1 is 1.29 bits per heavy atom. The third-order valence-electron chi connectivity index (χ3n) is 3.04. The van der Waals surface area contributed by atoms with E-state index in [4.69, 9.17) is 0 Å². The Kier molecular flexibility index (Phi) is 2.14. The number of carbonyl (C=O) groups excluding carboxylic acids is 1. The zero-order chi connectivity index (χ0) is 11.8. The van der Waals surface area contributed by atoms with Gasteiger partial charge in [0.2, 0.25) is 5.91 Å². The van der Waals surface area contributed by atoms with Gasteiger partial charge < -0.3 is 15.6 Å². The van der Waals surface area contributed by atoms with E-state index < -0.39 is 0 Å². The number of rotatable bonds is 2. The van der Waals surface area contributed by atoms with Crippen LogP contribution < -0.4 is 10.6 Å². The van der Waals surface area contributed by atoms with Gasteiger partial charge in [-0.15, -0.1) is 0 Å². The molecule has 1 aromatic carbocycles. The van der Waals surface area contributed by atoms with Gasteiger partial charge in [0.1, 0.15) is 6.04 Å². The van der Waals surface area contributed by atoms with Crippen molar-refractivity contribution < 1.29 is 4.79 Å². The van der Waals surface area contributed by atoms with Crippen molar-refractivity contribution in [1.82, 2.24) is 15.6 Å². The first-order valence-corrected chi connectivity index (χ1v) is 5.55. The van der Waals surface area contributed by atoms with Gasteiger partial charge in [0, 0.05) is 23.5 Å². The lowest BCUT2D eigenvalue weighted by atomic mass is 10.1. The van der Waals surface area contributed by atoms with Gasteiger partial charge in [-0.1, -0.05) is 24.8 Å². The summed E-state index contributed by atoms with van der Waals surface area (Å²) in [6, 6.07) is 7.86. The first kappa shape index (κ1) is 9.96. The van der Waals surface area contributed by atoms with Crippen LogP contribution in [0, 0.1) is 0 Å². The van der Waals surface area contributed by atoms with Crippen LogP contribution in [0.3, 0.4) is 0 Å². The van der Waals surface area contributed by atoms with Crippen molar-refractivity contribution in [2.24, 2.45) is 0 Å². The lowest BCUT2D eigenvalue weighted by Crippen LogP contribution is -2.30. The topological polar surface area (TPSA) is 56.9 Å². The second-order valence-corrected chi connectivity index (χ2v) is 4.23. The van der Waals surface area contributed by atoms with E-state index in [9.17, 15) is 4.79 Å². The zero-order valence-corrected chi connectivity index (χ0v) is 9.29. The molecule has 1 aromatic heterocycles. The highest BCUT2D eigenvalue weighted by Gasteiger charge is 2.26. The van der Waals surface area contributed by atoms with Crippen LogP contribution in [0.5, 0.6) is 0 Å². The largest absolute Gasteiger partial charge is 0.361 e. The van der Waals surface area contributed by atoms with Crippen LogP contribution in [-0.4, -0.2) is 16.9 Å². The molecule has 0 radical (unpaired) electrons. The quantitative estimate of drug-likeness (QED) is 0.723. The molecule has 0 saturated carbocycles. The maximum absolute atomic E-state index is 11.6. The van der Waals surface area contributed by atoms with E-state index in [1.54, 1.807) is 0 Å². The molecular formula is C13H13N3O. The molecule has 17 heavy (non-hydrogen) atoms. The SMILES string of the molecule is C=C1NC(=O)C(Cc2c[nH]c3ccccc23)N1. The number of carbonyl (C=O) groups is 1. The van der Waals surface area contributed by atoms with Gasteiger partial charge in [-0.2, -0.15) is 0 Å². The molecule has 1 saturated heterocycles. The Morgan fingerprint density at radius 3 is 2.88 bits per heavy atom. The molecule has 86 valence electrons. The minimum atomic E-state index is -0.221. The number of para-hydroxylation sites is 1. The number of fused-ring (bicyclic) bond motifs is 1. The number of aromatic amines is 1. The summed E-state index contributed by atoms with van der Waals surface area (Å²) in [4.78, 5) is 14.8. The van der Waals surface area contributed by atoms with E-state index in [0.29, 0.717) is 12.2 Å². The zero-order valence-electron chi connectivity index (χ0n) is 9.29. The van der Waals surface area contributed by atoms with Gasteiger partial charge in [0.15, 0.2) is 0 Å². The second kappa shape index (κ2) is 3.66. The van der Waals surface area contributed by atoms with E-state index in [1.165, 1.54) is 5.39 Å². The fraction of sp³-hybridized carbons (Fsp3) is 0.154. The molecule has 0 spiro atoms. The Hall–Kier alpha value is -2.23. The van der Waals surface area contributed by atoms with Crippen LogP contribution in [0.1, 0.15) is 5.56 Å². The highest BCUT2D eigenvalue weighted by atomic mass is 16.2. The fourth-order valence-electron chi connectivity index (χ4n) is 2.21. The van der Waals surface area contributed by atoms with Crippen molar-refractivity contribution in [3.63, 3.8) is 0 Å². The Morgan fingerprint density at radius 2 is 2.12 bits per heavy atom. The maximum atomic E-state index is 11.6. The minimum Gasteiger partial charge on any atom is -0.361 e. The molecule has 1 aliphatic rings. The average molecular weight is 227 g/mol. The third kappa shape index (κ3) is 1.67. The summed E-state index contributed by atoms with van der Waals surface area (Å²) in [5, 5.41) is 6.88. The molecule has 3 rings (SSSR count). The molecular weight excluding hydrogens is 214 g/mol. The number of H-pyrrole nitrogens is 1. The lowest BCUT2D eigenvalue weighted by molar-refractivity contribution is -0.120. The summed E-state index contributed by atoms with van der Waals surface area (Å²) in [6.45, 7) is 3.70. The van der Waals surface area contributed by atoms with E-state index >= 15 is 0 Å². The number of aromatic nitrogens is 1. The molecule has 1 aliphatic heterocycles. The smallest absolute Gasteiger partial charge is 0.248 e. The first-order chi connectivity index (χ1) is 8.24. The fourth-order valence-corrected chi connectivity index (χ4v) is 2.21. The molecule has 4 heteroatoms. The van der Waals surface area contributed by atoms with Gasteiger partial charge in [-0.05, 0) is 11.6 Å². The average Bonchev–Trinajstić information content (AvgIpc) is 2.85. The van der Waals surface area contributed by atoms with Gasteiger partial charge >= 0.3 is 0 Å². The van der Waals surface area contributed by atoms with Crippen LogP contribution in [0.2, 0.25) is 0 Å². The van der Waals surface area contributed by atoms with Crippen LogP contribution in [0.15, 0.2) is 42.9 Å². The molecule has 1 fully saturated rings. The van der Waals surface area contributed by atoms with Gasteiger partial charge in [0.25, 0.3) is 0 Å². The predicted molar refractivity (Wildman–Crippen MR) is 66.2 cm³/mol. The lowest BCUT2D eigenvalue weighted by Gasteiger charge is -2.06. The van der Waals surface area contributed by atoms with Crippen molar-refractivity contribution in [3.05, 3.63) is 48.4 Å².